The monoisotopic (exact) mass is 324 g/mol. The van der Waals surface area contributed by atoms with Crippen molar-refractivity contribution in [2.45, 2.75) is 24.5 Å². The molecule has 1 heterocycles. The van der Waals surface area contributed by atoms with Crippen LogP contribution in [0, 0.1) is 5.82 Å². The van der Waals surface area contributed by atoms with Crippen molar-refractivity contribution in [2.24, 2.45) is 0 Å². The van der Waals surface area contributed by atoms with Crippen molar-refractivity contribution in [3.05, 3.63) is 35.9 Å². The highest BCUT2D eigenvalue weighted by Gasteiger charge is 2.20. The smallest absolute Gasteiger partial charge is 0.195 e. The van der Waals surface area contributed by atoms with Gasteiger partial charge in [0.25, 0.3) is 0 Å². The van der Waals surface area contributed by atoms with Crippen LogP contribution >= 0.6 is 11.8 Å². The maximum Gasteiger partial charge on any atom is 0.195 e. The van der Waals surface area contributed by atoms with E-state index in [1.807, 2.05) is 30.5 Å². The van der Waals surface area contributed by atoms with Gasteiger partial charge in [-0.05, 0) is 51.7 Å². The van der Waals surface area contributed by atoms with Gasteiger partial charge < -0.3 is 5.11 Å². The Morgan fingerprint density at radius 1 is 1.27 bits per heavy atom. The molecule has 0 fully saturated rings. The van der Waals surface area contributed by atoms with E-state index >= 15 is 0 Å². The second-order valence-corrected chi connectivity index (χ2v) is 6.28. The maximum atomic E-state index is 13.2. The summed E-state index contributed by atoms with van der Waals surface area (Å²) < 4.78 is 15.1. The zero-order chi connectivity index (χ0) is 16.1. The Balaban J connectivity index is 2.40. The van der Waals surface area contributed by atoms with E-state index in [-0.39, 0.29) is 18.5 Å². The standard InChI is InChI=1S/C15H21FN4OS/c1-11(19(2)3)14-17-18-15(22-10-4-9-21)20(14)13-7-5-12(16)6-8-13/h5-8,11,21H,4,9-10H2,1-3H3. The van der Waals surface area contributed by atoms with Crippen LogP contribution in [0.5, 0.6) is 0 Å². The summed E-state index contributed by atoms with van der Waals surface area (Å²) in [6.45, 7) is 2.20. The Hall–Kier alpha value is -1.44. The largest absolute Gasteiger partial charge is 0.396 e. The van der Waals surface area contributed by atoms with E-state index in [1.54, 1.807) is 12.1 Å². The van der Waals surface area contributed by atoms with Crippen LogP contribution < -0.4 is 0 Å². The van der Waals surface area contributed by atoms with Crippen LogP contribution in [0.3, 0.4) is 0 Å². The fourth-order valence-electron chi connectivity index (χ4n) is 1.94. The highest BCUT2D eigenvalue weighted by atomic mass is 32.2. The lowest BCUT2D eigenvalue weighted by Crippen LogP contribution is -2.20. The molecule has 22 heavy (non-hydrogen) atoms. The summed E-state index contributed by atoms with van der Waals surface area (Å²) in [6.07, 6.45) is 0.694. The molecule has 0 bridgehead atoms. The average Bonchev–Trinajstić information content (AvgIpc) is 2.91. The lowest BCUT2D eigenvalue weighted by Gasteiger charge is -2.20. The van der Waals surface area contributed by atoms with Crippen LogP contribution in [0.2, 0.25) is 0 Å². The summed E-state index contributed by atoms with van der Waals surface area (Å²) in [6, 6.07) is 6.38. The van der Waals surface area contributed by atoms with Gasteiger partial charge in [-0.25, -0.2) is 4.39 Å². The molecule has 0 spiro atoms. The summed E-state index contributed by atoms with van der Waals surface area (Å²) in [5, 5.41) is 18.2. The van der Waals surface area contributed by atoms with Crippen LogP contribution in [0.1, 0.15) is 25.2 Å². The Morgan fingerprint density at radius 2 is 1.95 bits per heavy atom. The van der Waals surface area contributed by atoms with E-state index in [0.717, 1.165) is 22.4 Å². The first-order valence-electron chi connectivity index (χ1n) is 7.16. The van der Waals surface area contributed by atoms with Gasteiger partial charge >= 0.3 is 0 Å². The molecule has 0 saturated carbocycles. The molecule has 0 saturated heterocycles. The highest BCUT2D eigenvalue weighted by molar-refractivity contribution is 7.99. The van der Waals surface area contributed by atoms with Gasteiger partial charge in [-0.1, -0.05) is 11.8 Å². The van der Waals surface area contributed by atoms with Crippen LogP contribution in [0.25, 0.3) is 5.69 Å². The van der Waals surface area contributed by atoms with Crippen molar-refractivity contribution in [1.82, 2.24) is 19.7 Å². The van der Waals surface area contributed by atoms with Crippen LogP contribution in [0.15, 0.2) is 29.4 Å². The molecule has 0 radical (unpaired) electrons. The zero-order valence-corrected chi connectivity index (χ0v) is 13.8. The zero-order valence-electron chi connectivity index (χ0n) is 13.0. The fraction of sp³-hybridized carbons (Fsp3) is 0.467. The first-order valence-corrected chi connectivity index (χ1v) is 8.14. The molecular weight excluding hydrogens is 303 g/mol. The van der Waals surface area contributed by atoms with Gasteiger partial charge in [0.2, 0.25) is 0 Å². The second-order valence-electron chi connectivity index (χ2n) is 5.22. The molecule has 1 atom stereocenters. The predicted octanol–water partition coefficient (Wildman–Crippen LogP) is 2.50. The van der Waals surface area contributed by atoms with Gasteiger partial charge in [-0.3, -0.25) is 9.47 Å². The molecule has 0 aliphatic carbocycles. The summed E-state index contributed by atoms with van der Waals surface area (Å²) in [7, 11) is 3.96. The molecule has 0 aliphatic heterocycles. The maximum absolute atomic E-state index is 13.2. The van der Waals surface area contributed by atoms with Gasteiger partial charge in [-0.15, -0.1) is 10.2 Å². The fourth-order valence-corrected chi connectivity index (χ4v) is 2.82. The van der Waals surface area contributed by atoms with Gasteiger partial charge in [-0.2, -0.15) is 0 Å². The molecule has 7 heteroatoms. The first kappa shape index (κ1) is 16.9. The minimum absolute atomic E-state index is 0.0738. The van der Waals surface area contributed by atoms with Crippen molar-refractivity contribution in [2.75, 3.05) is 26.5 Å². The molecule has 1 N–H and O–H groups in total. The summed E-state index contributed by atoms with van der Waals surface area (Å²) in [4.78, 5) is 2.05. The molecule has 2 aromatic rings. The number of aromatic nitrogens is 3. The van der Waals surface area contributed by atoms with Crippen molar-refractivity contribution >= 4 is 11.8 Å². The SMILES string of the molecule is CC(c1nnc(SCCCO)n1-c1ccc(F)cc1)N(C)C. The third-order valence-electron chi connectivity index (χ3n) is 3.43. The van der Waals surface area contributed by atoms with Gasteiger partial charge in [0.1, 0.15) is 5.82 Å². The van der Waals surface area contributed by atoms with Crippen molar-refractivity contribution in [3.63, 3.8) is 0 Å². The minimum Gasteiger partial charge on any atom is -0.396 e. The number of benzene rings is 1. The van der Waals surface area contributed by atoms with Crippen molar-refractivity contribution in [1.29, 1.82) is 0 Å². The Morgan fingerprint density at radius 3 is 2.55 bits per heavy atom. The van der Waals surface area contributed by atoms with Crippen LogP contribution in [-0.2, 0) is 0 Å². The second kappa shape index (κ2) is 7.71. The third kappa shape index (κ3) is 3.85. The number of halogens is 1. The highest BCUT2D eigenvalue weighted by Crippen LogP contribution is 2.27. The predicted molar refractivity (Wildman–Crippen MR) is 85.8 cm³/mol. The minimum atomic E-state index is -0.270. The number of thioether (sulfide) groups is 1. The molecule has 0 amide bonds. The molecule has 1 unspecified atom stereocenters. The van der Waals surface area contributed by atoms with E-state index in [9.17, 15) is 4.39 Å². The third-order valence-corrected chi connectivity index (χ3v) is 4.44. The number of aliphatic hydroxyl groups is 1. The molecule has 5 nitrogen and oxygen atoms in total. The van der Waals surface area contributed by atoms with Crippen LogP contribution in [0.4, 0.5) is 4.39 Å². The molecular formula is C15H21FN4OS. The van der Waals surface area contributed by atoms with E-state index in [0.29, 0.717) is 6.42 Å². The lowest BCUT2D eigenvalue weighted by atomic mass is 10.2. The number of hydrogen-bond donors (Lipinski definition) is 1. The Kier molecular flexibility index (Phi) is 5.93. The lowest BCUT2D eigenvalue weighted by molar-refractivity contribution is 0.296. The molecule has 2 rings (SSSR count). The quantitative estimate of drug-likeness (QED) is 0.626. The number of hydrogen-bond acceptors (Lipinski definition) is 5. The number of aliphatic hydroxyl groups excluding tert-OH is 1. The van der Waals surface area contributed by atoms with E-state index < -0.39 is 0 Å². The first-order chi connectivity index (χ1) is 10.5. The van der Waals surface area contributed by atoms with E-state index in [1.165, 1.54) is 23.9 Å². The van der Waals surface area contributed by atoms with E-state index in [2.05, 4.69) is 10.2 Å². The molecule has 1 aromatic heterocycles. The Bertz CT molecular complexity index is 600. The Labute approximate surface area is 134 Å². The van der Waals surface area contributed by atoms with Gasteiger partial charge in [0.15, 0.2) is 11.0 Å². The average molecular weight is 324 g/mol. The topological polar surface area (TPSA) is 54.2 Å². The molecule has 1 aromatic carbocycles. The normalized spacial score (nSPS) is 12.8. The van der Waals surface area contributed by atoms with Gasteiger partial charge in [0, 0.05) is 18.0 Å². The summed E-state index contributed by atoms with van der Waals surface area (Å²) in [5.41, 5.74) is 0.835. The summed E-state index contributed by atoms with van der Waals surface area (Å²) >= 11 is 1.54. The van der Waals surface area contributed by atoms with E-state index in [4.69, 9.17) is 5.11 Å². The number of nitrogens with zero attached hydrogens (tertiary/aromatic N) is 4. The number of rotatable bonds is 7. The molecule has 120 valence electrons. The van der Waals surface area contributed by atoms with Crippen molar-refractivity contribution < 1.29 is 9.50 Å². The molecule has 0 aliphatic rings. The van der Waals surface area contributed by atoms with Crippen LogP contribution in [-0.4, -0.2) is 51.2 Å². The van der Waals surface area contributed by atoms with Gasteiger partial charge in [0.05, 0.1) is 6.04 Å². The van der Waals surface area contributed by atoms with Crippen molar-refractivity contribution in [3.8, 4) is 5.69 Å². The summed E-state index contributed by atoms with van der Waals surface area (Å²) in [5.74, 6) is 1.29.